The number of carboxylic acid groups (broad SMARTS) is 1. The first-order valence-electron chi connectivity index (χ1n) is 11.2. The Kier molecular flexibility index (Phi) is 6.90. The molecule has 1 saturated heterocycles. The molecule has 9 heteroatoms. The summed E-state index contributed by atoms with van der Waals surface area (Å²) in [6.45, 7) is 5.37. The quantitative estimate of drug-likeness (QED) is 0.513. The van der Waals surface area contributed by atoms with E-state index in [1.165, 1.54) is 10.5 Å². The lowest BCUT2D eigenvalue weighted by Crippen LogP contribution is -2.38. The first kappa shape index (κ1) is 23.1. The molecule has 0 unspecified atom stereocenters. The van der Waals surface area contributed by atoms with Crippen molar-refractivity contribution in [1.29, 1.82) is 0 Å². The zero-order valence-corrected chi connectivity index (χ0v) is 19.6. The van der Waals surface area contributed by atoms with Gasteiger partial charge in [0.25, 0.3) is 5.56 Å². The number of aromatic nitrogens is 3. The van der Waals surface area contributed by atoms with Crippen LogP contribution in [-0.4, -0.2) is 49.7 Å². The molecule has 4 rings (SSSR count). The Labute approximate surface area is 195 Å². The van der Waals surface area contributed by atoms with Crippen LogP contribution in [0.4, 0.5) is 5.82 Å². The lowest BCUT2D eigenvalue weighted by atomic mass is 10.1. The second-order valence-corrected chi connectivity index (χ2v) is 9.57. The molecular formula is C24H28N4O4S. The van der Waals surface area contributed by atoms with Crippen LogP contribution in [0.25, 0.3) is 11.7 Å². The zero-order chi connectivity index (χ0) is 23.5. The summed E-state index contributed by atoms with van der Waals surface area (Å²) < 4.78 is 1.45. The van der Waals surface area contributed by atoms with E-state index in [1.54, 1.807) is 17.5 Å². The minimum absolute atomic E-state index is 0.239. The van der Waals surface area contributed by atoms with E-state index in [0.29, 0.717) is 43.3 Å². The van der Waals surface area contributed by atoms with E-state index in [2.05, 4.69) is 19.2 Å². The number of aryl methyl sites for hydroxylation is 2. The highest BCUT2D eigenvalue weighted by atomic mass is 32.1. The van der Waals surface area contributed by atoms with Crippen LogP contribution in [0.1, 0.15) is 54.4 Å². The first-order valence-corrected chi connectivity index (χ1v) is 12.0. The molecule has 0 bridgehead atoms. The molecule has 2 N–H and O–H groups in total. The van der Waals surface area contributed by atoms with Crippen molar-refractivity contribution in [3.63, 3.8) is 0 Å². The Morgan fingerprint density at radius 3 is 2.70 bits per heavy atom. The van der Waals surface area contributed by atoms with Crippen LogP contribution in [-0.2, 0) is 17.6 Å². The smallest absolute Gasteiger partial charge is 0.328 e. The molecule has 0 amide bonds. The van der Waals surface area contributed by atoms with Gasteiger partial charge in [0.2, 0.25) is 0 Å². The molecule has 1 fully saturated rings. The molecule has 33 heavy (non-hydrogen) atoms. The van der Waals surface area contributed by atoms with Crippen molar-refractivity contribution in [1.82, 2.24) is 14.4 Å². The molecule has 0 radical (unpaired) electrons. The fraction of sp³-hybridized carbons (Fsp3) is 0.417. The highest BCUT2D eigenvalue weighted by Crippen LogP contribution is 2.23. The van der Waals surface area contributed by atoms with E-state index in [9.17, 15) is 14.7 Å². The minimum Gasteiger partial charge on any atom is -0.478 e. The van der Waals surface area contributed by atoms with Gasteiger partial charge in [-0.15, -0.1) is 11.3 Å². The maximum Gasteiger partial charge on any atom is 0.328 e. The number of aliphatic carboxylic acids is 1. The van der Waals surface area contributed by atoms with Crippen LogP contribution in [0, 0.1) is 0 Å². The summed E-state index contributed by atoms with van der Waals surface area (Å²) in [6, 6.07) is 3.81. The largest absolute Gasteiger partial charge is 0.478 e. The first-order chi connectivity index (χ1) is 15.8. The zero-order valence-electron chi connectivity index (χ0n) is 18.8. The number of piperidine rings is 1. The third kappa shape index (κ3) is 5.31. The number of carboxylic acids is 1. The maximum atomic E-state index is 13.2. The number of anilines is 1. The Hall–Kier alpha value is -3.04. The number of nitrogens with zero attached hydrogens (tertiary/aromatic N) is 4. The average Bonchev–Trinajstić information content (AvgIpc) is 3.27. The normalized spacial score (nSPS) is 15.2. The number of pyridine rings is 1. The molecule has 1 aliphatic heterocycles. The Bertz CT molecular complexity index is 1240. The summed E-state index contributed by atoms with van der Waals surface area (Å²) in [5.41, 5.74) is 2.61. The van der Waals surface area contributed by atoms with Crippen LogP contribution in [0.3, 0.4) is 0 Å². The third-order valence-corrected chi connectivity index (χ3v) is 6.78. The second-order valence-electron chi connectivity index (χ2n) is 8.63. The molecule has 0 spiro atoms. The van der Waals surface area contributed by atoms with Gasteiger partial charge in [0.1, 0.15) is 11.5 Å². The van der Waals surface area contributed by atoms with Crippen LogP contribution in [0.5, 0.6) is 0 Å². The van der Waals surface area contributed by atoms with E-state index in [4.69, 9.17) is 15.1 Å². The van der Waals surface area contributed by atoms with Gasteiger partial charge in [-0.05, 0) is 49.0 Å². The topological polar surface area (TPSA) is 108 Å². The second kappa shape index (κ2) is 9.84. The van der Waals surface area contributed by atoms with Gasteiger partial charge < -0.3 is 15.1 Å². The fourth-order valence-corrected chi connectivity index (χ4v) is 4.87. The molecule has 3 aromatic rings. The number of aliphatic hydroxyl groups is 1. The van der Waals surface area contributed by atoms with E-state index >= 15 is 0 Å². The van der Waals surface area contributed by atoms with Gasteiger partial charge in [-0.3, -0.25) is 9.20 Å². The molecule has 0 atom stereocenters. The van der Waals surface area contributed by atoms with Crippen molar-refractivity contribution < 1.29 is 15.0 Å². The highest BCUT2D eigenvalue weighted by Gasteiger charge is 2.22. The summed E-state index contributed by atoms with van der Waals surface area (Å²) in [5.74, 6) is -0.258. The van der Waals surface area contributed by atoms with Gasteiger partial charge in [0, 0.05) is 37.2 Å². The number of fused-ring (bicyclic) bond motifs is 1. The van der Waals surface area contributed by atoms with Gasteiger partial charge in [-0.2, -0.15) is 0 Å². The van der Waals surface area contributed by atoms with Crippen molar-refractivity contribution in [3.8, 4) is 0 Å². The average molecular weight is 469 g/mol. The van der Waals surface area contributed by atoms with Crippen molar-refractivity contribution >= 4 is 34.8 Å². The molecule has 4 heterocycles. The Morgan fingerprint density at radius 2 is 2.03 bits per heavy atom. The standard InChI is InChI=1S/C24H28N4O4S/c1-15(2)19-14-33-21(25-19)5-3-16-7-12-28-20(13-16)26-23(27-10-8-17(29)9-11-27)18(24(28)32)4-6-22(30)31/h4,6-7,12-15,17,29H,3,5,8-11H2,1-2H3,(H,30,31)/b6-4+. The molecule has 0 aliphatic carbocycles. The van der Waals surface area contributed by atoms with E-state index in [0.717, 1.165) is 35.2 Å². The van der Waals surface area contributed by atoms with Gasteiger partial charge in [-0.1, -0.05) is 13.8 Å². The predicted octanol–water partition coefficient (Wildman–Crippen LogP) is 3.12. The Balaban J connectivity index is 1.67. The van der Waals surface area contributed by atoms with Gasteiger partial charge in [-0.25, -0.2) is 14.8 Å². The highest BCUT2D eigenvalue weighted by molar-refractivity contribution is 7.09. The maximum absolute atomic E-state index is 13.2. The van der Waals surface area contributed by atoms with Crippen molar-refractivity contribution in [2.24, 2.45) is 0 Å². The fourth-order valence-electron chi connectivity index (χ4n) is 3.91. The van der Waals surface area contributed by atoms with Crippen molar-refractivity contribution in [2.45, 2.75) is 51.6 Å². The van der Waals surface area contributed by atoms with Crippen molar-refractivity contribution in [3.05, 3.63) is 62.0 Å². The molecule has 0 aromatic carbocycles. The van der Waals surface area contributed by atoms with Crippen molar-refractivity contribution in [2.75, 3.05) is 18.0 Å². The lowest BCUT2D eigenvalue weighted by Gasteiger charge is -2.31. The molecule has 0 saturated carbocycles. The summed E-state index contributed by atoms with van der Waals surface area (Å²) in [4.78, 5) is 35.7. The third-order valence-electron chi connectivity index (χ3n) is 5.85. The number of carbonyl (C=O) groups is 1. The summed E-state index contributed by atoms with van der Waals surface area (Å²) in [7, 11) is 0. The van der Waals surface area contributed by atoms with Crippen LogP contribution < -0.4 is 10.5 Å². The number of rotatable bonds is 7. The summed E-state index contributed by atoms with van der Waals surface area (Å²) in [6.07, 6.45) is 6.36. The molecular weight excluding hydrogens is 440 g/mol. The van der Waals surface area contributed by atoms with E-state index < -0.39 is 5.97 Å². The van der Waals surface area contributed by atoms with Gasteiger partial charge in [0.15, 0.2) is 0 Å². The summed E-state index contributed by atoms with van der Waals surface area (Å²) >= 11 is 1.67. The number of hydrogen-bond donors (Lipinski definition) is 2. The number of thiazole rings is 1. The number of aliphatic hydroxyl groups excluding tert-OH is 1. The Morgan fingerprint density at radius 1 is 1.27 bits per heavy atom. The predicted molar refractivity (Wildman–Crippen MR) is 129 cm³/mol. The van der Waals surface area contributed by atoms with Gasteiger partial charge in [0.05, 0.1) is 22.4 Å². The molecule has 3 aromatic heterocycles. The molecule has 1 aliphatic rings. The molecule has 8 nitrogen and oxygen atoms in total. The minimum atomic E-state index is -1.13. The number of hydrogen-bond acceptors (Lipinski definition) is 7. The lowest BCUT2D eigenvalue weighted by molar-refractivity contribution is -0.131. The molecule has 174 valence electrons. The van der Waals surface area contributed by atoms with Crippen LogP contribution >= 0.6 is 11.3 Å². The SMILES string of the molecule is CC(C)c1csc(CCc2ccn3c(=O)c(/C=C/C(=O)O)c(N4CCC(O)CC4)nc3c2)n1. The van der Waals surface area contributed by atoms with E-state index in [1.807, 2.05) is 17.0 Å². The van der Waals surface area contributed by atoms with Gasteiger partial charge >= 0.3 is 5.97 Å². The van der Waals surface area contributed by atoms with E-state index in [-0.39, 0.29) is 17.2 Å². The van der Waals surface area contributed by atoms with Crippen LogP contribution in [0.2, 0.25) is 0 Å². The summed E-state index contributed by atoms with van der Waals surface area (Å²) in [5, 5.41) is 22.1. The van der Waals surface area contributed by atoms with Crippen LogP contribution in [0.15, 0.2) is 34.6 Å². The monoisotopic (exact) mass is 468 g/mol.